The Morgan fingerprint density at radius 2 is 1.81 bits per heavy atom. The Morgan fingerprint density at radius 3 is 2.35 bits per heavy atom. The zero-order valence-electron chi connectivity index (χ0n) is 16.0. The SMILES string of the molecule is C[C@H](NC(=O)CC1CC1)C(=O)N(CC(=O)OC(C)(C)C)c1ccccc1. The number of esters is 1. The van der Waals surface area contributed by atoms with Gasteiger partial charge in [0, 0.05) is 12.1 Å². The number of rotatable bonds is 7. The second-order valence-electron chi connectivity index (χ2n) is 7.78. The van der Waals surface area contributed by atoms with E-state index in [1.165, 1.54) is 4.90 Å². The summed E-state index contributed by atoms with van der Waals surface area (Å²) in [5.41, 5.74) is -0.0429. The molecule has 1 aromatic carbocycles. The van der Waals surface area contributed by atoms with Crippen molar-refractivity contribution in [3.8, 4) is 0 Å². The zero-order valence-corrected chi connectivity index (χ0v) is 16.0. The van der Waals surface area contributed by atoms with Gasteiger partial charge in [-0.2, -0.15) is 0 Å². The number of carbonyl (C=O) groups is 3. The summed E-state index contributed by atoms with van der Waals surface area (Å²) in [6.07, 6.45) is 2.60. The fourth-order valence-electron chi connectivity index (χ4n) is 2.59. The molecule has 2 amide bonds. The molecule has 1 saturated carbocycles. The quantitative estimate of drug-likeness (QED) is 0.759. The fraction of sp³-hybridized carbons (Fsp3) is 0.550. The zero-order chi connectivity index (χ0) is 19.3. The predicted octanol–water partition coefficient (Wildman–Crippen LogP) is 2.67. The summed E-state index contributed by atoms with van der Waals surface area (Å²) < 4.78 is 5.34. The molecule has 1 aliphatic rings. The van der Waals surface area contributed by atoms with Gasteiger partial charge in [0.25, 0.3) is 0 Å². The summed E-state index contributed by atoms with van der Waals surface area (Å²) in [7, 11) is 0. The first-order valence-corrected chi connectivity index (χ1v) is 9.03. The van der Waals surface area contributed by atoms with Gasteiger partial charge in [0.2, 0.25) is 11.8 Å². The molecule has 6 heteroatoms. The van der Waals surface area contributed by atoms with Crippen LogP contribution in [0.4, 0.5) is 5.69 Å². The number of hydrogen-bond donors (Lipinski definition) is 1. The molecular weight excluding hydrogens is 332 g/mol. The molecule has 1 atom stereocenters. The molecule has 0 spiro atoms. The lowest BCUT2D eigenvalue weighted by molar-refractivity contribution is -0.153. The molecule has 1 fully saturated rings. The average Bonchev–Trinajstić information content (AvgIpc) is 3.34. The second kappa shape index (κ2) is 8.34. The third-order valence-corrected chi connectivity index (χ3v) is 3.96. The van der Waals surface area contributed by atoms with E-state index in [4.69, 9.17) is 4.74 Å². The Hall–Kier alpha value is -2.37. The highest BCUT2D eigenvalue weighted by atomic mass is 16.6. The molecule has 1 N–H and O–H groups in total. The van der Waals surface area contributed by atoms with Gasteiger partial charge in [-0.25, -0.2) is 0 Å². The summed E-state index contributed by atoms with van der Waals surface area (Å²) in [5.74, 6) is -0.514. The molecule has 0 aliphatic heterocycles. The van der Waals surface area contributed by atoms with Gasteiger partial charge in [-0.05, 0) is 58.6 Å². The smallest absolute Gasteiger partial charge is 0.326 e. The second-order valence-corrected chi connectivity index (χ2v) is 7.78. The summed E-state index contributed by atoms with van der Waals surface area (Å²) in [4.78, 5) is 38.5. The fourth-order valence-corrected chi connectivity index (χ4v) is 2.59. The Bertz CT molecular complexity index is 648. The minimum Gasteiger partial charge on any atom is -0.459 e. The Labute approximate surface area is 154 Å². The van der Waals surface area contributed by atoms with Gasteiger partial charge in [0.15, 0.2) is 0 Å². The van der Waals surface area contributed by atoms with Crippen molar-refractivity contribution in [2.45, 2.75) is 58.6 Å². The van der Waals surface area contributed by atoms with Crippen molar-refractivity contribution in [3.63, 3.8) is 0 Å². The number of nitrogens with zero attached hydrogens (tertiary/aromatic N) is 1. The minimum atomic E-state index is -0.719. The Kier molecular flexibility index (Phi) is 6.40. The van der Waals surface area contributed by atoms with Gasteiger partial charge in [-0.15, -0.1) is 0 Å². The van der Waals surface area contributed by atoms with E-state index in [-0.39, 0.29) is 18.4 Å². The van der Waals surface area contributed by atoms with Crippen molar-refractivity contribution < 1.29 is 19.1 Å². The van der Waals surface area contributed by atoms with E-state index in [1.807, 2.05) is 6.07 Å². The van der Waals surface area contributed by atoms with Gasteiger partial charge in [0.05, 0.1) is 0 Å². The van der Waals surface area contributed by atoms with Crippen LogP contribution in [0, 0.1) is 5.92 Å². The van der Waals surface area contributed by atoms with Crippen molar-refractivity contribution >= 4 is 23.5 Å². The highest BCUT2D eigenvalue weighted by Crippen LogP contribution is 2.32. The monoisotopic (exact) mass is 360 g/mol. The molecule has 0 unspecified atom stereocenters. The molecule has 26 heavy (non-hydrogen) atoms. The van der Waals surface area contributed by atoms with Crippen LogP contribution in [0.2, 0.25) is 0 Å². The number of nitrogens with one attached hydrogen (secondary N) is 1. The highest BCUT2D eigenvalue weighted by Gasteiger charge is 2.29. The van der Waals surface area contributed by atoms with Crippen molar-refractivity contribution in [2.24, 2.45) is 5.92 Å². The van der Waals surface area contributed by atoms with E-state index in [9.17, 15) is 14.4 Å². The van der Waals surface area contributed by atoms with Gasteiger partial charge in [-0.3, -0.25) is 19.3 Å². The molecule has 0 radical (unpaired) electrons. The minimum absolute atomic E-state index is 0.126. The topological polar surface area (TPSA) is 75.7 Å². The lowest BCUT2D eigenvalue weighted by atomic mass is 10.2. The summed E-state index contributed by atoms with van der Waals surface area (Å²) in [6.45, 7) is 6.77. The first kappa shape index (κ1) is 19.9. The maximum atomic E-state index is 12.9. The molecule has 0 heterocycles. The van der Waals surface area contributed by atoms with Crippen LogP contribution >= 0.6 is 0 Å². The largest absolute Gasteiger partial charge is 0.459 e. The van der Waals surface area contributed by atoms with Gasteiger partial charge >= 0.3 is 5.97 Å². The summed E-state index contributed by atoms with van der Waals surface area (Å²) >= 11 is 0. The highest BCUT2D eigenvalue weighted by molar-refractivity contribution is 6.02. The number of anilines is 1. The van der Waals surface area contributed by atoms with Crippen LogP contribution in [0.5, 0.6) is 0 Å². The number of carbonyl (C=O) groups excluding carboxylic acids is 3. The molecular formula is C20H28N2O4. The maximum Gasteiger partial charge on any atom is 0.326 e. The lowest BCUT2D eigenvalue weighted by Gasteiger charge is -2.27. The van der Waals surface area contributed by atoms with E-state index in [0.29, 0.717) is 18.0 Å². The van der Waals surface area contributed by atoms with Crippen molar-refractivity contribution in [1.29, 1.82) is 0 Å². The third kappa shape index (κ3) is 6.50. The normalized spacial score (nSPS) is 15.1. The van der Waals surface area contributed by atoms with Crippen molar-refractivity contribution in [1.82, 2.24) is 5.32 Å². The molecule has 1 aliphatic carbocycles. The maximum absolute atomic E-state index is 12.9. The first-order valence-electron chi connectivity index (χ1n) is 9.03. The predicted molar refractivity (Wildman–Crippen MR) is 99.6 cm³/mol. The molecule has 0 bridgehead atoms. The van der Waals surface area contributed by atoms with Crippen LogP contribution in [0.1, 0.15) is 47.0 Å². The number of para-hydroxylation sites is 1. The Balaban J connectivity index is 2.07. The Morgan fingerprint density at radius 1 is 1.19 bits per heavy atom. The molecule has 2 rings (SSSR count). The van der Waals surface area contributed by atoms with Crippen LogP contribution < -0.4 is 10.2 Å². The van der Waals surface area contributed by atoms with Crippen LogP contribution in [-0.2, 0) is 19.1 Å². The summed E-state index contributed by atoms with van der Waals surface area (Å²) in [5, 5.41) is 2.74. The van der Waals surface area contributed by atoms with E-state index in [0.717, 1.165) is 12.8 Å². The van der Waals surface area contributed by atoms with Crippen molar-refractivity contribution in [2.75, 3.05) is 11.4 Å². The number of hydrogen-bond acceptors (Lipinski definition) is 4. The van der Waals surface area contributed by atoms with E-state index < -0.39 is 17.6 Å². The molecule has 6 nitrogen and oxygen atoms in total. The van der Waals surface area contributed by atoms with Gasteiger partial charge in [0.1, 0.15) is 18.2 Å². The van der Waals surface area contributed by atoms with Crippen LogP contribution in [0.3, 0.4) is 0 Å². The van der Waals surface area contributed by atoms with Gasteiger partial charge < -0.3 is 10.1 Å². The standard InChI is InChI=1S/C20H28N2O4/c1-14(21-17(23)12-15-10-11-15)19(25)22(16-8-6-5-7-9-16)13-18(24)26-20(2,3)4/h5-9,14-15H,10-13H2,1-4H3,(H,21,23)/t14-/m0/s1. The molecule has 142 valence electrons. The van der Waals surface area contributed by atoms with E-state index in [1.54, 1.807) is 52.0 Å². The number of benzene rings is 1. The van der Waals surface area contributed by atoms with Crippen LogP contribution in [0.15, 0.2) is 30.3 Å². The molecule has 0 saturated heterocycles. The number of amides is 2. The van der Waals surface area contributed by atoms with E-state index in [2.05, 4.69) is 5.32 Å². The molecule has 0 aromatic heterocycles. The van der Waals surface area contributed by atoms with Crippen LogP contribution in [-0.4, -0.2) is 36.0 Å². The molecule has 1 aromatic rings. The van der Waals surface area contributed by atoms with Gasteiger partial charge in [-0.1, -0.05) is 18.2 Å². The average molecular weight is 360 g/mol. The van der Waals surface area contributed by atoms with Crippen LogP contribution in [0.25, 0.3) is 0 Å². The lowest BCUT2D eigenvalue weighted by Crippen LogP contribution is -2.49. The van der Waals surface area contributed by atoms with E-state index >= 15 is 0 Å². The van der Waals surface area contributed by atoms with Crippen molar-refractivity contribution in [3.05, 3.63) is 30.3 Å². The first-order chi connectivity index (χ1) is 12.2. The summed E-state index contributed by atoms with van der Waals surface area (Å²) in [6, 6.07) is 8.20. The number of ether oxygens (including phenoxy) is 1. The third-order valence-electron chi connectivity index (χ3n) is 3.96.